The van der Waals surface area contributed by atoms with Crippen molar-refractivity contribution < 1.29 is 13.2 Å². The van der Waals surface area contributed by atoms with Gasteiger partial charge in [-0.25, -0.2) is 23.1 Å². The van der Waals surface area contributed by atoms with Crippen molar-refractivity contribution >= 4 is 17.3 Å². The number of nitrogens with two attached hydrogens (primary N) is 1. The summed E-state index contributed by atoms with van der Waals surface area (Å²) in [5, 5.41) is 2.58. The van der Waals surface area contributed by atoms with Crippen LogP contribution in [0.25, 0.3) is 0 Å². The van der Waals surface area contributed by atoms with Crippen LogP contribution in [0.1, 0.15) is 11.4 Å². The second-order valence-electron chi connectivity index (χ2n) is 3.98. The van der Waals surface area contributed by atoms with Gasteiger partial charge in [-0.15, -0.1) is 0 Å². The van der Waals surface area contributed by atoms with E-state index in [1.165, 1.54) is 0 Å². The summed E-state index contributed by atoms with van der Waals surface area (Å²) < 4.78 is 39.5. The second kappa shape index (κ2) is 4.75. The third-order valence-corrected chi connectivity index (χ3v) is 2.58. The zero-order valence-electron chi connectivity index (χ0n) is 10.3. The largest absolute Gasteiger partial charge is 0.383 e. The van der Waals surface area contributed by atoms with Gasteiger partial charge in [-0.2, -0.15) is 0 Å². The third kappa shape index (κ3) is 2.44. The Hall–Kier alpha value is -2.31. The summed E-state index contributed by atoms with van der Waals surface area (Å²) in [6.45, 7) is 3.25. The molecule has 7 heteroatoms. The Balaban J connectivity index is 2.45. The lowest BCUT2D eigenvalue weighted by Gasteiger charge is -2.11. The van der Waals surface area contributed by atoms with E-state index in [-0.39, 0.29) is 17.3 Å². The molecule has 0 amide bonds. The highest BCUT2D eigenvalue weighted by atomic mass is 19.2. The molecule has 0 spiro atoms. The zero-order chi connectivity index (χ0) is 14.2. The third-order valence-electron chi connectivity index (χ3n) is 2.58. The Bertz CT molecular complexity index is 643. The molecule has 0 aliphatic rings. The first kappa shape index (κ1) is 13.1. The van der Waals surface area contributed by atoms with Gasteiger partial charge in [-0.05, 0) is 26.0 Å². The summed E-state index contributed by atoms with van der Waals surface area (Å²) in [5.74, 6) is -3.24. The van der Waals surface area contributed by atoms with Gasteiger partial charge in [0.25, 0.3) is 0 Å². The molecule has 1 aromatic heterocycles. The Morgan fingerprint density at radius 2 is 1.74 bits per heavy atom. The summed E-state index contributed by atoms with van der Waals surface area (Å²) in [5.41, 5.74) is 5.92. The molecule has 0 saturated heterocycles. The first-order valence-electron chi connectivity index (χ1n) is 5.41. The molecule has 2 aromatic rings. The van der Waals surface area contributed by atoms with Crippen molar-refractivity contribution in [3.63, 3.8) is 0 Å². The number of benzene rings is 1. The molecule has 0 atom stereocenters. The van der Waals surface area contributed by atoms with Crippen molar-refractivity contribution in [2.45, 2.75) is 13.8 Å². The van der Waals surface area contributed by atoms with Crippen LogP contribution in [0.3, 0.4) is 0 Å². The number of hydrogen-bond acceptors (Lipinski definition) is 4. The van der Waals surface area contributed by atoms with Gasteiger partial charge in [0.2, 0.25) is 0 Å². The fourth-order valence-electron chi connectivity index (χ4n) is 1.52. The smallest absolute Gasteiger partial charge is 0.196 e. The SMILES string of the molecule is Cc1nc(N)c(C)c(Nc2ccc(F)c(F)c2F)n1. The molecule has 0 unspecified atom stereocenters. The molecule has 0 saturated carbocycles. The van der Waals surface area contributed by atoms with Crippen LogP contribution in [0.2, 0.25) is 0 Å². The number of nitrogen functional groups attached to an aromatic ring is 1. The van der Waals surface area contributed by atoms with Crippen molar-refractivity contribution in [3.05, 3.63) is 41.0 Å². The molecule has 0 fully saturated rings. The highest BCUT2D eigenvalue weighted by Gasteiger charge is 2.15. The normalized spacial score (nSPS) is 10.6. The minimum absolute atomic E-state index is 0.223. The topological polar surface area (TPSA) is 63.8 Å². The number of aryl methyl sites for hydroxylation is 1. The number of rotatable bonds is 2. The fraction of sp³-hybridized carbons (Fsp3) is 0.167. The molecular formula is C12H11F3N4. The van der Waals surface area contributed by atoms with E-state index in [4.69, 9.17) is 5.73 Å². The van der Waals surface area contributed by atoms with Crippen LogP contribution in [-0.2, 0) is 0 Å². The van der Waals surface area contributed by atoms with Crippen LogP contribution in [0, 0.1) is 31.3 Å². The number of aromatic nitrogens is 2. The molecule has 4 nitrogen and oxygen atoms in total. The van der Waals surface area contributed by atoms with Crippen molar-refractivity contribution in [2.75, 3.05) is 11.1 Å². The number of anilines is 3. The maximum atomic E-state index is 13.5. The van der Waals surface area contributed by atoms with Gasteiger partial charge < -0.3 is 11.1 Å². The van der Waals surface area contributed by atoms with Crippen LogP contribution in [-0.4, -0.2) is 9.97 Å². The zero-order valence-corrected chi connectivity index (χ0v) is 10.3. The van der Waals surface area contributed by atoms with Gasteiger partial charge in [-0.1, -0.05) is 0 Å². The fourth-order valence-corrected chi connectivity index (χ4v) is 1.52. The van der Waals surface area contributed by atoms with Crippen LogP contribution in [0.4, 0.5) is 30.5 Å². The standard InChI is InChI=1S/C12H11F3N4/c1-5-11(16)17-6(2)18-12(5)19-8-4-3-7(13)9(14)10(8)15/h3-4H,1-2H3,(H3,16,17,18,19). The predicted molar refractivity (Wildman–Crippen MR) is 65.5 cm³/mol. The minimum atomic E-state index is -1.54. The Labute approximate surface area is 107 Å². The van der Waals surface area contributed by atoms with E-state index in [0.717, 1.165) is 12.1 Å². The lowest BCUT2D eigenvalue weighted by molar-refractivity contribution is 0.449. The van der Waals surface area contributed by atoms with E-state index in [1.54, 1.807) is 13.8 Å². The molecule has 1 heterocycles. The number of nitrogens with zero attached hydrogens (tertiary/aromatic N) is 2. The van der Waals surface area contributed by atoms with Crippen molar-refractivity contribution in [2.24, 2.45) is 0 Å². The number of nitrogens with one attached hydrogen (secondary N) is 1. The maximum absolute atomic E-state index is 13.5. The highest BCUT2D eigenvalue weighted by molar-refractivity contribution is 5.64. The van der Waals surface area contributed by atoms with Crippen LogP contribution in [0.15, 0.2) is 12.1 Å². The second-order valence-corrected chi connectivity index (χ2v) is 3.98. The molecule has 0 radical (unpaired) electrons. The molecule has 0 aliphatic carbocycles. The Kier molecular flexibility index (Phi) is 3.28. The van der Waals surface area contributed by atoms with E-state index in [0.29, 0.717) is 11.4 Å². The van der Waals surface area contributed by atoms with Crippen LogP contribution < -0.4 is 11.1 Å². The Morgan fingerprint density at radius 1 is 1.05 bits per heavy atom. The molecule has 0 bridgehead atoms. The Morgan fingerprint density at radius 3 is 2.42 bits per heavy atom. The van der Waals surface area contributed by atoms with Gasteiger partial charge in [0.05, 0.1) is 5.69 Å². The maximum Gasteiger partial charge on any atom is 0.196 e. The van der Waals surface area contributed by atoms with Crippen LogP contribution >= 0.6 is 0 Å². The first-order chi connectivity index (χ1) is 8.90. The lowest BCUT2D eigenvalue weighted by Crippen LogP contribution is -2.06. The van der Waals surface area contributed by atoms with Gasteiger partial charge in [0.15, 0.2) is 17.5 Å². The molecule has 1 aromatic carbocycles. The van der Waals surface area contributed by atoms with Gasteiger partial charge in [0, 0.05) is 5.56 Å². The van der Waals surface area contributed by atoms with Crippen molar-refractivity contribution in [3.8, 4) is 0 Å². The molecule has 100 valence electrons. The van der Waals surface area contributed by atoms with E-state index < -0.39 is 17.5 Å². The minimum Gasteiger partial charge on any atom is -0.383 e. The van der Waals surface area contributed by atoms with Gasteiger partial charge in [-0.3, -0.25) is 0 Å². The van der Waals surface area contributed by atoms with Gasteiger partial charge >= 0.3 is 0 Å². The monoisotopic (exact) mass is 268 g/mol. The van der Waals surface area contributed by atoms with Crippen molar-refractivity contribution in [1.82, 2.24) is 9.97 Å². The molecule has 0 aliphatic heterocycles. The summed E-state index contributed by atoms with van der Waals surface area (Å²) in [6.07, 6.45) is 0. The van der Waals surface area contributed by atoms with E-state index in [1.807, 2.05) is 0 Å². The molecule has 3 N–H and O–H groups in total. The number of hydrogen-bond donors (Lipinski definition) is 2. The van der Waals surface area contributed by atoms with Crippen molar-refractivity contribution in [1.29, 1.82) is 0 Å². The summed E-state index contributed by atoms with van der Waals surface area (Å²) >= 11 is 0. The average Bonchev–Trinajstić information content (AvgIpc) is 2.36. The van der Waals surface area contributed by atoms with E-state index in [2.05, 4.69) is 15.3 Å². The summed E-state index contributed by atoms with van der Waals surface area (Å²) in [4.78, 5) is 7.97. The number of halogens is 3. The molecular weight excluding hydrogens is 257 g/mol. The lowest BCUT2D eigenvalue weighted by atomic mass is 10.2. The first-order valence-corrected chi connectivity index (χ1v) is 5.41. The quantitative estimate of drug-likeness (QED) is 0.822. The molecule has 19 heavy (non-hydrogen) atoms. The van der Waals surface area contributed by atoms with E-state index in [9.17, 15) is 13.2 Å². The van der Waals surface area contributed by atoms with E-state index >= 15 is 0 Å². The highest BCUT2D eigenvalue weighted by Crippen LogP contribution is 2.25. The van der Waals surface area contributed by atoms with Crippen LogP contribution in [0.5, 0.6) is 0 Å². The summed E-state index contributed by atoms with van der Waals surface area (Å²) in [6, 6.07) is 1.91. The van der Waals surface area contributed by atoms with Gasteiger partial charge in [0.1, 0.15) is 17.5 Å². The summed E-state index contributed by atoms with van der Waals surface area (Å²) in [7, 11) is 0. The predicted octanol–water partition coefficient (Wildman–Crippen LogP) is 2.84. The molecule has 2 rings (SSSR count). The average molecular weight is 268 g/mol.